The molecule has 0 saturated carbocycles. The molecule has 6 heteroatoms. The Labute approximate surface area is 97.1 Å². The summed E-state index contributed by atoms with van der Waals surface area (Å²) >= 11 is 0. The number of aromatic nitrogens is 2. The van der Waals surface area contributed by atoms with Crippen LogP contribution in [0.3, 0.4) is 0 Å². The number of urea groups is 1. The fourth-order valence-corrected chi connectivity index (χ4v) is 1.46. The number of primary amides is 1. The van der Waals surface area contributed by atoms with Crippen LogP contribution < -0.4 is 11.1 Å². The van der Waals surface area contributed by atoms with Gasteiger partial charge in [0.25, 0.3) is 0 Å². The molecule has 1 aromatic heterocycles. The van der Waals surface area contributed by atoms with E-state index < -0.39 is 6.03 Å². The van der Waals surface area contributed by atoms with Crippen molar-refractivity contribution in [3.8, 4) is 5.69 Å². The lowest BCUT2D eigenvalue weighted by Crippen LogP contribution is -2.28. The Bertz CT molecular complexity index is 524. The van der Waals surface area contributed by atoms with E-state index in [1.807, 2.05) is 0 Å². The molecule has 2 amide bonds. The number of nitrogens with two attached hydrogens (primary N) is 1. The third-order valence-electron chi connectivity index (χ3n) is 2.26. The van der Waals surface area contributed by atoms with Crippen LogP contribution in [-0.2, 0) is 6.54 Å². The van der Waals surface area contributed by atoms with E-state index in [-0.39, 0.29) is 12.4 Å². The van der Waals surface area contributed by atoms with Gasteiger partial charge < -0.3 is 15.6 Å². The number of hydrogen-bond donors (Lipinski definition) is 2. The van der Waals surface area contributed by atoms with Crippen molar-refractivity contribution in [2.24, 2.45) is 5.73 Å². The van der Waals surface area contributed by atoms with E-state index in [0.717, 1.165) is 0 Å². The number of hydrogen-bond acceptors (Lipinski definition) is 2. The summed E-state index contributed by atoms with van der Waals surface area (Å²) in [7, 11) is 0. The number of nitrogens with zero attached hydrogens (tertiary/aromatic N) is 2. The molecule has 0 aliphatic heterocycles. The first-order chi connectivity index (χ1) is 8.16. The molecule has 5 nitrogen and oxygen atoms in total. The Kier molecular flexibility index (Phi) is 3.04. The van der Waals surface area contributed by atoms with E-state index >= 15 is 0 Å². The lowest BCUT2D eigenvalue weighted by Gasteiger charge is -2.07. The van der Waals surface area contributed by atoms with E-state index in [0.29, 0.717) is 11.3 Å². The SMILES string of the molecule is NC(=O)NCc1ccc(-n2ccnc2)c(F)c1. The molecule has 0 fully saturated rings. The van der Waals surface area contributed by atoms with Crippen LogP contribution >= 0.6 is 0 Å². The molecular weight excluding hydrogens is 223 g/mol. The molecule has 0 radical (unpaired) electrons. The summed E-state index contributed by atoms with van der Waals surface area (Å²) in [4.78, 5) is 14.4. The van der Waals surface area contributed by atoms with Gasteiger partial charge in [0.2, 0.25) is 0 Å². The summed E-state index contributed by atoms with van der Waals surface area (Å²) in [5, 5.41) is 2.40. The Morgan fingerprint density at radius 3 is 2.94 bits per heavy atom. The van der Waals surface area contributed by atoms with Gasteiger partial charge in [-0.2, -0.15) is 0 Å². The number of benzene rings is 1. The molecular formula is C11H11FN4O. The summed E-state index contributed by atoms with van der Waals surface area (Å²) in [6, 6.07) is 4.05. The third kappa shape index (κ3) is 2.60. The smallest absolute Gasteiger partial charge is 0.312 e. The number of rotatable bonds is 3. The number of carbonyl (C=O) groups excluding carboxylic acids is 1. The maximum absolute atomic E-state index is 13.7. The van der Waals surface area contributed by atoms with Crippen LogP contribution in [-0.4, -0.2) is 15.6 Å². The van der Waals surface area contributed by atoms with Crippen LogP contribution in [0, 0.1) is 5.82 Å². The molecule has 17 heavy (non-hydrogen) atoms. The predicted molar refractivity (Wildman–Crippen MR) is 59.9 cm³/mol. The number of carbonyl (C=O) groups is 1. The van der Waals surface area contributed by atoms with Gasteiger partial charge in [0, 0.05) is 18.9 Å². The lowest BCUT2D eigenvalue weighted by atomic mass is 10.2. The van der Waals surface area contributed by atoms with E-state index in [1.165, 1.54) is 12.4 Å². The average molecular weight is 234 g/mol. The second-order valence-electron chi connectivity index (χ2n) is 3.47. The van der Waals surface area contributed by atoms with Gasteiger partial charge in [-0.3, -0.25) is 0 Å². The van der Waals surface area contributed by atoms with Crippen LogP contribution in [0.15, 0.2) is 36.9 Å². The molecule has 1 aromatic carbocycles. The van der Waals surface area contributed by atoms with E-state index in [4.69, 9.17) is 5.73 Å². The van der Waals surface area contributed by atoms with Crippen molar-refractivity contribution in [2.45, 2.75) is 6.54 Å². The zero-order valence-corrected chi connectivity index (χ0v) is 8.93. The molecule has 0 aliphatic carbocycles. The number of nitrogens with one attached hydrogen (secondary N) is 1. The standard InChI is InChI=1S/C11H11FN4O/c12-9-5-8(6-15-11(13)17)1-2-10(9)16-4-3-14-7-16/h1-5,7H,6H2,(H3,13,15,17). The van der Waals surface area contributed by atoms with Crippen molar-refractivity contribution in [3.63, 3.8) is 0 Å². The molecule has 0 atom stereocenters. The van der Waals surface area contributed by atoms with Gasteiger partial charge in [0.15, 0.2) is 0 Å². The van der Waals surface area contributed by atoms with E-state index in [9.17, 15) is 9.18 Å². The monoisotopic (exact) mass is 234 g/mol. The zero-order chi connectivity index (χ0) is 12.3. The first kappa shape index (κ1) is 11.1. The minimum Gasteiger partial charge on any atom is -0.352 e. The minimum absolute atomic E-state index is 0.205. The van der Waals surface area contributed by atoms with Gasteiger partial charge >= 0.3 is 6.03 Å². The van der Waals surface area contributed by atoms with Crippen LogP contribution in [0.4, 0.5) is 9.18 Å². The number of amides is 2. The largest absolute Gasteiger partial charge is 0.352 e. The molecule has 88 valence electrons. The maximum atomic E-state index is 13.7. The summed E-state index contributed by atoms with van der Waals surface area (Å²) in [5.74, 6) is -0.383. The van der Waals surface area contributed by atoms with Gasteiger partial charge in [0.1, 0.15) is 5.82 Å². The summed E-state index contributed by atoms with van der Waals surface area (Å²) < 4.78 is 15.3. The van der Waals surface area contributed by atoms with Crippen LogP contribution in [0.2, 0.25) is 0 Å². The van der Waals surface area contributed by atoms with Gasteiger partial charge in [-0.25, -0.2) is 14.2 Å². The highest BCUT2D eigenvalue weighted by molar-refractivity contribution is 5.71. The fourth-order valence-electron chi connectivity index (χ4n) is 1.46. The highest BCUT2D eigenvalue weighted by Crippen LogP contribution is 2.14. The normalized spacial score (nSPS) is 10.2. The summed E-state index contributed by atoms with van der Waals surface area (Å²) in [5.41, 5.74) is 5.98. The van der Waals surface area contributed by atoms with Crippen molar-refractivity contribution in [1.82, 2.24) is 14.9 Å². The van der Waals surface area contributed by atoms with Crippen LogP contribution in [0.5, 0.6) is 0 Å². The molecule has 0 aliphatic rings. The van der Waals surface area contributed by atoms with Crippen molar-refractivity contribution in [2.75, 3.05) is 0 Å². The van der Waals surface area contributed by atoms with Crippen molar-refractivity contribution in [1.29, 1.82) is 0 Å². The molecule has 0 spiro atoms. The van der Waals surface area contributed by atoms with Crippen molar-refractivity contribution in [3.05, 3.63) is 48.3 Å². The Hall–Kier alpha value is -2.37. The first-order valence-corrected chi connectivity index (χ1v) is 4.97. The van der Waals surface area contributed by atoms with Gasteiger partial charge in [0.05, 0.1) is 12.0 Å². The van der Waals surface area contributed by atoms with Crippen LogP contribution in [0.1, 0.15) is 5.56 Å². The van der Waals surface area contributed by atoms with Crippen LogP contribution in [0.25, 0.3) is 5.69 Å². The Morgan fingerprint density at radius 2 is 2.35 bits per heavy atom. The van der Waals surface area contributed by atoms with Gasteiger partial charge in [-0.1, -0.05) is 6.07 Å². The van der Waals surface area contributed by atoms with Gasteiger partial charge in [-0.15, -0.1) is 0 Å². The number of imidazole rings is 1. The highest BCUT2D eigenvalue weighted by atomic mass is 19.1. The van der Waals surface area contributed by atoms with Crippen molar-refractivity contribution < 1.29 is 9.18 Å². The molecule has 3 N–H and O–H groups in total. The van der Waals surface area contributed by atoms with E-state index in [2.05, 4.69) is 10.3 Å². The highest BCUT2D eigenvalue weighted by Gasteiger charge is 2.05. The summed E-state index contributed by atoms with van der Waals surface area (Å²) in [6.45, 7) is 0.205. The number of halogens is 1. The average Bonchev–Trinajstić information content (AvgIpc) is 2.79. The van der Waals surface area contributed by atoms with Crippen molar-refractivity contribution >= 4 is 6.03 Å². The molecule has 2 rings (SSSR count). The molecule has 2 aromatic rings. The van der Waals surface area contributed by atoms with E-state index in [1.54, 1.807) is 29.1 Å². The fraction of sp³-hybridized carbons (Fsp3) is 0.0909. The molecule has 0 bridgehead atoms. The Balaban J connectivity index is 2.20. The maximum Gasteiger partial charge on any atom is 0.312 e. The summed E-state index contributed by atoms with van der Waals surface area (Å²) in [6.07, 6.45) is 4.74. The van der Waals surface area contributed by atoms with Gasteiger partial charge in [-0.05, 0) is 17.7 Å². The lowest BCUT2D eigenvalue weighted by molar-refractivity contribution is 0.248. The minimum atomic E-state index is -0.635. The second kappa shape index (κ2) is 4.65. The topological polar surface area (TPSA) is 72.9 Å². The quantitative estimate of drug-likeness (QED) is 0.836. The third-order valence-corrected chi connectivity index (χ3v) is 2.26. The Morgan fingerprint density at radius 1 is 1.53 bits per heavy atom. The predicted octanol–water partition coefficient (Wildman–Crippen LogP) is 1.18. The molecule has 1 heterocycles. The molecule has 0 unspecified atom stereocenters. The second-order valence-corrected chi connectivity index (χ2v) is 3.47. The molecule has 0 saturated heterocycles. The first-order valence-electron chi connectivity index (χ1n) is 4.97. The zero-order valence-electron chi connectivity index (χ0n) is 8.93.